The molecule has 65 heavy (non-hydrogen) atoms. The summed E-state index contributed by atoms with van der Waals surface area (Å²) < 4.78 is 7.09. The fourth-order valence-electron chi connectivity index (χ4n) is 10.3. The standard InChI is InChI=1S/C62H43NOSi/c1-5-19-44(20-6-1)54-31-17-32-57-58-33-18-34-60(62(58)64-61(54)57)63(47-37-35-45(36-38-47)59-43-46-21-13-14-28-53(46)55-29-15-16-30-56(55)59)48-39-41-52(42-40-48)65(49-22-7-2-8-23-49,50-24-9-3-10-25-50)51-26-11-4-12-27-51/h1-43H. The molecule has 0 atom stereocenters. The minimum Gasteiger partial charge on any atom is -0.453 e. The van der Waals surface area contributed by atoms with Gasteiger partial charge in [0.05, 0.1) is 5.69 Å². The van der Waals surface area contributed by atoms with E-state index in [1.807, 2.05) is 0 Å². The highest BCUT2D eigenvalue weighted by molar-refractivity contribution is 7.19. The lowest BCUT2D eigenvalue weighted by atomic mass is 9.93. The van der Waals surface area contributed by atoms with Crippen molar-refractivity contribution in [3.8, 4) is 22.3 Å². The molecular weight excluding hydrogens is 803 g/mol. The summed E-state index contributed by atoms with van der Waals surface area (Å²) in [6.45, 7) is 0. The smallest absolute Gasteiger partial charge is 0.179 e. The van der Waals surface area contributed by atoms with E-state index in [-0.39, 0.29) is 0 Å². The van der Waals surface area contributed by atoms with Crippen molar-refractivity contribution in [3.05, 3.63) is 261 Å². The quantitative estimate of drug-likeness (QED) is 0.0817. The zero-order valence-corrected chi connectivity index (χ0v) is 36.7. The van der Waals surface area contributed by atoms with Crippen LogP contribution in [0.2, 0.25) is 0 Å². The van der Waals surface area contributed by atoms with Gasteiger partial charge in [-0.2, -0.15) is 0 Å². The molecule has 12 aromatic rings. The molecule has 12 rings (SSSR count). The van der Waals surface area contributed by atoms with E-state index in [0.29, 0.717) is 0 Å². The third-order valence-corrected chi connectivity index (χ3v) is 18.0. The number of hydrogen-bond acceptors (Lipinski definition) is 2. The van der Waals surface area contributed by atoms with Crippen molar-refractivity contribution in [2.45, 2.75) is 0 Å². The van der Waals surface area contributed by atoms with Gasteiger partial charge in [-0.25, -0.2) is 0 Å². The third-order valence-electron chi connectivity index (χ3n) is 13.2. The lowest BCUT2D eigenvalue weighted by Crippen LogP contribution is -2.74. The predicted molar refractivity (Wildman–Crippen MR) is 278 cm³/mol. The maximum absolute atomic E-state index is 7.09. The largest absolute Gasteiger partial charge is 0.453 e. The van der Waals surface area contributed by atoms with E-state index >= 15 is 0 Å². The molecule has 0 aliphatic heterocycles. The SMILES string of the molecule is c1ccc(-c2cccc3c2oc2c(N(c4ccc(-c5cc6ccccc6c6ccccc56)cc4)c4ccc([Si](c5ccccc5)(c5ccccc5)c5ccccc5)cc4)cccc23)cc1. The summed E-state index contributed by atoms with van der Waals surface area (Å²) in [4.78, 5) is 2.37. The van der Waals surface area contributed by atoms with E-state index < -0.39 is 8.07 Å². The topological polar surface area (TPSA) is 16.4 Å². The molecule has 0 fully saturated rings. The molecule has 0 radical (unpaired) electrons. The van der Waals surface area contributed by atoms with Crippen molar-refractivity contribution in [1.29, 1.82) is 0 Å². The van der Waals surface area contributed by atoms with Crippen molar-refractivity contribution in [2.75, 3.05) is 4.90 Å². The van der Waals surface area contributed by atoms with Crippen LogP contribution in [0, 0.1) is 0 Å². The lowest BCUT2D eigenvalue weighted by molar-refractivity contribution is 0.670. The number of fused-ring (bicyclic) bond motifs is 6. The zero-order chi connectivity index (χ0) is 43.2. The Morgan fingerprint density at radius 2 is 0.738 bits per heavy atom. The first kappa shape index (κ1) is 38.4. The first-order valence-corrected chi connectivity index (χ1v) is 24.3. The summed E-state index contributed by atoms with van der Waals surface area (Å²) in [5, 5.41) is 12.6. The Bertz CT molecular complexity index is 3530. The fraction of sp³-hybridized carbons (Fsp3) is 0. The molecule has 0 saturated carbocycles. The average Bonchev–Trinajstić information content (AvgIpc) is 3.78. The van der Waals surface area contributed by atoms with E-state index in [1.165, 1.54) is 53.4 Å². The second-order valence-electron chi connectivity index (χ2n) is 16.8. The summed E-state index contributed by atoms with van der Waals surface area (Å²) in [6, 6.07) is 95.2. The second-order valence-corrected chi connectivity index (χ2v) is 20.6. The number of rotatable bonds is 9. The Kier molecular flexibility index (Phi) is 9.55. The van der Waals surface area contributed by atoms with Gasteiger partial charge in [-0.15, -0.1) is 0 Å². The first-order valence-electron chi connectivity index (χ1n) is 22.3. The van der Waals surface area contributed by atoms with Crippen LogP contribution in [0.4, 0.5) is 17.1 Å². The number of anilines is 3. The Hall–Kier alpha value is -8.24. The van der Waals surface area contributed by atoms with Crippen LogP contribution >= 0.6 is 0 Å². The van der Waals surface area contributed by atoms with Gasteiger partial charge in [0.25, 0.3) is 0 Å². The summed E-state index contributed by atoms with van der Waals surface area (Å²) in [5.41, 5.74) is 9.41. The third kappa shape index (κ3) is 6.47. The van der Waals surface area contributed by atoms with Crippen LogP contribution in [0.1, 0.15) is 0 Å². The molecule has 2 nitrogen and oxygen atoms in total. The number of hydrogen-bond donors (Lipinski definition) is 0. The van der Waals surface area contributed by atoms with Gasteiger partial charge in [0.15, 0.2) is 13.7 Å². The molecule has 0 saturated heterocycles. The maximum atomic E-state index is 7.09. The molecule has 306 valence electrons. The fourth-order valence-corrected chi connectivity index (χ4v) is 15.0. The number of benzene rings is 11. The maximum Gasteiger partial charge on any atom is 0.179 e. The second kappa shape index (κ2) is 16.1. The Morgan fingerprint density at radius 3 is 1.35 bits per heavy atom. The Morgan fingerprint density at radius 1 is 0.292 bits per heavy atom. The Labute approximate surface area is 379 Å². The minimum absolute atomic E-state index is 0.848. The number of para-hydroxylation sites is 2. The van der Waals surface area contributed by atoms with Gasteiger partial charge in [-0.1, -0.05) is 224 Å². The van der Waals surface area contributed by atoms with Crippen LogP contribution in [0.15, 0.2) is 265 Å². The van der Waals surface area contributed by atoms with Gasteiger partial charge >= 0.3 is 0 Å². The van der Waals surface area contributed by atoms with Gasteiger partial charge in [0, 0.05) is 27.7 Å². The highest BCUT2D eigenvalue weighted by Gasteiger charge is 2.41. The van der Waals surface area contributed by atoms with Crippen molar-refractivity contribution >= 4 is 89.4 Å². The van der Waals surface area contributed by atoms with Crippen molar-refractivity contribution in [2.24, 2.45) is 0 Å². The molecule has 0 N–H and O–H groups in total. The van der Waals surface area contributed by atoms with E-state index in [1.54, 1.807) is 0 Å². The first-order chi connectivity index (χ1) is 32.3. The molecule has 0 aliphatic rings. The molecule has 0 unspecified atom stereocenters. The summed E-state index contributed by atoms with van der Waals surface area (Å²) in [6.07, 6.45) is 0. The van der Waals surface area contributed by atoms with Crippen LogP contribution in [-0.2, 0) is 0 Å². The highest BCUT2D eigenvalue weighted by atomic mass is 28.3. The van der Waals surface area contributed by atoms with Crippen molar-refractivity contribution in [1.82, 2.24) is 0 Å². The molecule has 0 bridgehead atoms. The van der Waals surface area contributed by atoms with Gasteiger partial charge in [-0.3, -0.25) is 0 Å². The molecular formula is C62H43NOSi. The minimum atomic E-state index is -2.74. The average molecular weight is 846 g/mol. The molecule has 11 aromatic carbocycles. The van der Waals surface area contributed by atoms with Crippen LogP contribution in [0.25, 0.3) is 65.7 Å². The van der Waals surface area contributed by atoms with E-state index in [2.05, 4.69) is 266 Å². The normalized spacial score (nSPS) is 11.7. The Balaban J connectivity index is 1.06. The van der Waals surface area contributed by atoms with Crippen LogP contribution in [-0.4, -0.2) is 8.07 Å². The molecule has 0 aliphatic carbocycles. The van der Waals surface area contributed by atoms with Crippen LogP contribution in [0.3, 0.4) is 0 Å². The number of furan rings is 1. The van der Waals surface area contributed by atoms with Crippen LogP contribution < -0.4 is 25.6 Å². The zero-order valence-electron chi connectivity index (χ0n) is 35.7. The molecule has 0 spiro atoms. The molecule has 3 heteroatoms. The van der Waals surface area contributed by atoms with E-state index in [0.717, 1.165) is 50.1 Å². The molecule has 0 amide bonds. The van der Waals surface area contributed by atoms with Gasteiger partial charge in [-0.05, 0) is 95.4 Å². The van der Waals surface area contributed by atoms with E-state index in [4.69, 9.17) is 4.42 Å². The van der Waals surface area contributed by atoms with Crippen molar-refractivity contribution < 1.29 is 4.42 Å². The highest BCUT2D eigenvalue weighted by Crippen LogP contribution is 2.45. The molecule has 1 heterocycles. The van der Waals surface area contributed by atoms with Crippen molar-refractivity contribution in [3.63, 3.8) is 0 Å². The monoisotopic (exact) mass is 845 g/mol. The lowest BCUT2D eigenvalue weighted by Gasteiger charge is -2.35. The predicted octanol–water partition coefficient (Wildman–Crippen LogP) is 14.1. The van der Waals surface area contributed by atoms with E-state index in [9.17, 15) is 0 Å². The van der Waals surface area contributed by atoms with Gasteiger partial charge in [0.1, 0.15) is 5.58 Å². The number of nitrogens with zero attached hydrogens (tertiary/aromatic N) is 1. The molecule has 1 aromatic heterocycles. The summed E-state index contributed by atoms with van der Waals surface area (Å²) in [7, 11) is -2.74. The van der Waals surface area contributed by atoms with Crippen LogP contribution in [0.5, 0.6) is 0 Å². The summed E-state index contributed by atoms with van der Waals surface area (Å²) >= 11 is 0. The summed E-state index contributed by atoms with van der Waals surface area (Å²) in [5.74, 6) is 0. The van der Waals surface area contributed by atoms with Gasteiger partial charge < -0.3 is 9.32 Å². The van der Waals surface area contributed by atoms with Gasteiger partial charge in [0.2, 0.25) is 0 Å².